The average molecular weight is 414 g/mol. The second kappa shape index (κ2) is 8.91. The number of carbonyl (C=O) groups is 1. The van der Waals surface area contributed by atoms with Gasteiger partial charge in [-0.15, -0.1) is 0 Å². The number of rotatable bonds is 6. The van der Waals surface area contributed by atoms with Crippen LogP contribution in [0.2, 0.25) is 0 Å². The fourth-order valence-corrected chi connectivity index (χ4v) is 3.63. The number of nitrogens with one attached hydrogen (secondary N) is 2. The van der Waals surface area contributed by atoms with E-state index in [2.05, 4.69) is 10.3 Å². The van der Waals surface area contributed by atoms with E-state index in [0.717, 1.165) is 22.4 Å². The highest BCUT2D eigenvalue weighted by Gasteiger charge is 2.18. The molecule has 0 bridgehead atoms. The Balaban J connectivity index is 1.71. The molecule has 0 saturated carbocycles. The van der Waals surface area contributed by atoms with Gasteiger partial charge in [-0.25, -0.2) is 10.5 Å². The molecule has 0 atom stereocenters. The van der Waals surface area contributed by atoms with Gasteiger partial charge in [0.1, 0.15) is 0 Å². The zero-order valence-electron chi connectivity index (χ0n) is 17.0. The summed E-state index contributed by atoms with van der Waals surface area (Å²) in [4.78, 5) is 21.1. The van der Waals surface area contributed by atoms with Gasteiger partial charge in [0.25, 0.3) is 5.91 Å². The van der Waals surface area contributed by atoms with Crippen LogP contribution in [0.3, 0.4) is 0 Å². The maximum Gasteiger partial charge on any atom is 0.275 e. The van der Waals surface area contributed by atoms with Crippen molar-refractivity contribution in [3.63, 3.8) is 0 Å². The molecule has 156 valence electrons. The van der Waals surface area contributed by atoms with Crippen LogP contribution in [-0.4, -0.2) is 39.3 Å². The third kappa shape index (κ3) is 4.09. The lowest BCUT2D eigenvalue weighted by atomic mass is 9.96. The molecule has 2 aromatic heterocycles. The lowest BCUT2D eigenvalue weighted by Crippen LogP contribution is -2.21. The maximum absolute atomic E-state index is 12.3. The molecule has 2 heterocycles. The summed E-state index contributed by atoms with van der Waals surface area (Å²) in [5.41, 5.74) is 7.98. The number of hydroxylamine groups is 1. The summed E-state index contributed by atoms with van der Waals surface area (Å²) in [6.07, 6.45) is 3.20. The van der Waals surface area contributed by atoms with Crippen LogP contribution in [0.5, 0.6) is 0 Å². The van der Waals surface area contributed by atoms with Gasteiger partial charge in [-0.1, -0.05) is 36.4 Å². The molecular formula is C24H22N4O3. The van der Waals surface area contributed by atoms with Crippen molar-refractivity contribution in [3.05, 3.63) is 78.1 Å². The van der Waals surface area contributed by atoms with Gasteiger partial charge in [0.2, 0.25) is 0 Å². The summed E-state index contributed by atoms with van der Waals surface area (Å²) < 4.78 is 0. The summed E-state index contributed by atoms with van der Waals surface area (Å²) in [5.74, 6) is -0.592. The minimum atomic E-state index is -0.592. The predicted molar refractivity (Wildman–Crippen MR) is 120 cm³/mol. The number of hydrogen-bond acceptors (Lipinski definition) is 6. The lowest BCUT2D eigenvalue weighted by Gasteiger charge is -2.13. The topological polar surface area (TPSA) is 107 Å². The van der Waals surface area contributed by atoms with E-state index in [1.165, 1.54) is 0 Å². The Bertz CT molecular complexity index is 1220. The number of benzene rings is 2. The molecule has 0 aliphatic carbocycles. The van der Waals surface area contributed by atoms with Gasteiger partial charge in [-0.05, 0) is 41.8 Å². The second-order valence-corrected chi connectivity index (χ2v) is 7.10. The third-order valence-electron chi connectivity index (χ3n) is 5.18. The molecule has 7 nitrogen and oxygen atoms in total. The molecule has 0 unspecified atom stereocenters. The number of hydrogen-bond donors (Lipinski definition) is 4. The highest BCUT2D eigenvalue weighted by atomic mass is 16.5. The van der Waals surface area contributed by atoms with Gasteiger partial charge in [0.15, 0.2) is 0 Å². The standard InChI is InChI=1S/C24H22N4O3/c1-15-22(24(30)28-31)20-14-25-11-10-21(20)27-23(15)18-4-2-16(3-5-18)17-6-8-19(9-7-17)26-12-13-29/h2-11,14,26,29,31H,12-13H2,1H3,(H,28,30). The van der Waals surface area contributed by atoms with Crippen LogP contribution in [0.1, 0.15) is 15.9 Å². The molecule has 2 aromatic carbocycles. The number of nitrogens with zero attached hydrogens (tertiary/aromatic N) is 2. The quantitative estimate of drug-likeness (QED) is 0.282. The number of anilines is 1. The van der Waals surface area contributed by atoms with Crippen LogP contribution in [0, 0.1) is 6.92 Å². The Morgan fingerprint density at radius 3 is 2.26 bits per heavy atom. The summed E-state index contributed by atoms with van der Waals surface area (Å²) in [7, 11) is 0. The number of amides is 1. The normalized spacial score (nSPS) is 10.8. The first-order valence-electron chi connectivity index (χ1n) is 9.86. The number of fused-ring (bicyclic) bond motifs is 1. The minimum absolute atomic E-state index is 0.0869. The Labute approximate surface area is 179 Å². The van der Waals surface area contributed by atoms with Gasteiger partial charge >= 0.3 is 0 Å². The Morgan fingerprint density at radius 1 is 0.968 bits per heavy atom. The van der Waals surface area contributed by atoms with Crippen molar-refractivity contribution in [2.45, 2.75) is 6.92 Å². The molecule has 0 radical (unpaired) electrons. The molecule has 4 aromatic rings. The van der Waals surface area contributed by atoms with Crippen molar-refractivity contribution in [1.29, 1.82) is 0 Å². The molecule has 31 heavy (non-hydrogen) atoms. The van der Waals surface area contributed by atoms with E-state index in [1.807, 2.05) is 55.5 Å². The first-order chi connectivity index (χ1) is 15.1. The zero-order chi connectivity index (χ0) is 21.8. The smallest absolute Gasteiger partial charge is 0.275 e. The molecule has 0 spiro atoms. The van der Waals surface area contributed by atoms with E-state index in [0.29, 0.717) is 34.3 Å². The van der Waals surface area contributed by atoms with Gasteiger partial charge in [0.05, 0.1) is 23.4 Å². The van der Waals surface area contributed by atoms with Crippen LogP contribution >= 0.6 is 0 Å². The largest absolute Gasteiger partial charge is 0.395 e. The van der Waals surface area contributed by atoms with E-state index < -0.39 is 5.91 Å². The SMILES string of the molecule is Cc1c(-c2ccc(-c3ccc(NCCO)cc3)cc2)nc2ccncc2c1C(=O)NO. The minimum Gasteiger partial charge on any atom is -0.395 e. The van der Waals surface area contributed by atoms with E-state index in [-0.39, 0.29) is 6.61 Å². The number of aliphatic hydroxyl groups excluding tert-OH is 1. The van der Waals surface area contributed by atoms with E-state index in [9.17, 15) is 10.0 Å². The first-order valence-corrected chi connectivity index (χ1v) is 9.86. The first kappa shape index (κ1) is 20.5. The van der Waals surface area contributed by atoms with E-state index in [1.54, 1.807) is 23.9 Å². The van der Waals surface area contributed by atoms with Crippen LogP contribution in [0.4, 0.5) is 5.69 Å². The molecule has 0 saturated heterocycles. The number of aliphatic hydroxyl groups is 1. The zero-order valence-corrected chi connectivity index (χ0v) is 17.0. The predicted octanol–water partition coefficient (Wildman–Crippen LogP) is 3.80. The molecule has 4 rings (SSSR count). The second-order valence-electron chi connectivity index (χ2n) is 7.10. The molecule has 0 fully saturated rings. The van der Waals surface area contributed by atoms with Crippen LogP contribution in [0.25, 0.3) is 33.3 Å². The summed E-state index contributed by atoms with van der Waals surface area (Å²) in [6.45, 7) is 2.41. The number of carbonyl (C=O) groups excluding carboxylic acids is 1. The fraction of sp³-hybridized carbons (Fsp3) is 0.125. The highest BCUT2D eigenvalue weighted by Crippen LogP contribution is 2.31. The highest BCUT2D eigenvalue weighted by molar-refractivity contribution is 6.08. The van der Waals surface area contributed by atoms with Crippen molar-refractivity contribution < 1.29 is 15.1 Å². The van der Waals surface area contributed by atoms with Gasteiger partial charge in [-0.2, -0.15) is 0 Å². The molecule has 0 aliphatic heterocycles. The molecule has 1 amide bonds. The average Bonchev–Trinajstić information content (AvgIpc) is 2.82. The Hall–Kier alpha value is -3.81. The lowest BCUT2D eigenvalue weighted by molar-refractivity contribution is 0.0707. The van der Waals surface area contributed by atoms with Crippen LogP contribution in [0.15, 0.2) is 67.0 Å². The summed E-state index contributed by atoms with van der Waals surface area (Å²) >= 11 is 0. The third-order valence-corrected chi connectivity index (χ3v) is 5.18. The molecule has 4 N–H and O–H groups in total. The summed E-state index contributed by atoms with van der Waals surface area (Å²) in [5, 5.41) is 21.8. The van der Waals surface area contributed by atoms with Gasteiger partial charge in [0, 0.05) is 35.6 Å². The van der Waals surface area contributed by atoms with E-state index in [4.69, 9.17) is 10.1 Å². The van der Waals surface area contributed by atoms with Gasteiger partial charge < -0.3 is 10.4 Å². The fourth-order valence-electron chi connectivity index (χ4n) is 3.63. The molecule has 0 aliphatic rings. The molecular weight excluding hydrogens is 392 g/mol. The Morgan fingerprint density at radius 2 is 1.61 bits per heavy atom. The van der Waals surface area contributed by atoms with Gasteiger partial charge in [-0.3, -0.25) is 15.0 Å². The Kier molecular flexibility index (Phi) is 5.88. The van der Waals surface area contributed by atoms with Crippen molar-refractivity contribution in [2.24, 2.45) is 0 Å². The number of pyridine rings is 2. The van der Waals surface area contributed by atoms with E-state index >= 15 is 0 Å². The number of aromatic nitrogens is 2. The molecule has 7 heteroatoms. The van der Waals surface area contributed by atoms with Crippen LogP contribution in [-0.2, 0) is 0 Å². The van der Waals surface area contributed by atoms with Crippen molar-refractivity contribution >= 4 is 22.5 Å². The summed E-state index contributed by atoms with van der Waals surface area (Å²) in [6, 6.07) is 17.7. The monoisotopic (exact) mass is 414 g/mol. The van der Waals surface area contributed by atoms with Crippen molar-refractivity contribution in [1.82, 2.24) is 15.4 Å². The van der Waals surface area contributed by atoms with Crippen LogP contribution < -0.4 is 10.8 Å². The van der Waals surface area contributed by atoms with Crippen molar-refractivity contribution in [2.75, 3.05) is 18.5 Å². The van der Waals surface area contributed by atoms with Crippen molar-refractivity contribution in [3.8, 4) is 22.4 Å². The maximum atomic E-state index is 12.3.